The fourth-order valence-corrected chi connectivity index (χ4v) is 1.68. The number of carbonyl (C=O) groups excluding carboxylic acids is 1. The molecule has 0 fully saturated rings. The lowest BCUT2D eigenvalue weighted by Crippen LogP contribution is -2.15. The fourth-order valence-electron chi connectivity index (χ4n) is 1.68. The number of nitrogens with zero attached hydrogens (tertiary/aromatic N) is 2. The van der Waals surface area contributed by atoms with E-state index >= 15 is 0 Å². The monoisotopic (exact) mass is 303 g/mol. The molecule has 0 aliphatic carbocycles. The van der Waals surface area contributed by atoms with Crippen molar-refractivity contribution in [3.8, 4) is 5.75 Å². The minimum atomic E-state index is -0.360. The summed E-state index contributed by atoms with van der Waals surface area (Å²) in [6.07, 6.45) is 4.34. The van der Waals surface area contributed by atoms with Crippen LogP contribution in [0.3, 0.4) is 0 Å². The number of para-hydroxylation sites is 2. The minimum absolute atomic E-state index is 0.0231. The van der Waals surface area contributed by atoms with E-state index in [1.165, 1.54) is 18.6 Å². The van der Waals surface area contributed by atoms with Crippen LogP contribution in [0.25, 0.3) is 0 Å². The number of hydrogen-bond donors (Lipinski definition) is 2. The van der Waals surface area contributed by atoms with Gasteiger partial charge in [-0.3, -0.25) is 9.78 Å². The summed E-state index contributed by atoms with van der Waals surface area (Å²) in [4.78, 5) is 19.9. The normalized spacial score (nSPS) is 10.2. The maximum Gasteiger partial charge on any atom is 0.275 e. The van der Waals surface area contributed by atoms with Crippen molar-refractivity contribution in [1.82, 2.24) is 9.97 Å². The van der Waals surface area contributed by atoms with Gasteiger partial charge in [0, 0.05) is 12.4 Å². The number of anilines is 1. The Hall–Kier alpha value is -2.51. The molecule has 2 aromatic rings. The molecule has 0 saturated heterocycles. The molecule has 7 heteroatoms. The van der Waals surface area contributed by atoms with Crippen molar-refractivity contribution >= 4 is 11.6 Å². The number of rotatable bonds is 8. The van der Waals surface area contributed by atoms with Crippen molar-refractivity contribution < 1.29 is 19.4 Å². The highest BCUT2D eigenvalue weighted by atomic mass is 16.5. The maximum absolute atomic E-state index is 12.1. The number of carbonyl (C=O) groups is 1. The average molecular weight is 303 g/mol. The van der Waals surface area contributed by atoms with Crippen LogP contribution in [0.2, 0.25) is 0 Å². The van der Waals surface area contributed by atoms with Gasteiger partial charge in [0.15, 0.2) is 0 Å². The van der Waals surface area contributed by atoms with Gasteiger partial charge in [-0.2, -0.15) is 0 Å². The number of benzene rings is 1. The summed E-state index contributed by atoms with van der Waals surface area (Å²) in [6.45, 7) is 0.921. The van der Waals surface area contributed by atoms with E-state index in [0.29, 0.717) is 24.7 Å². The van der Waals surface area contributed by atoms with Crippen LogP contribution in [-0.2, 0) is 4.74 Å². The van der Waals surface area contributed by atoms with Crippen LogP contribution in [-0.4, -0.2) is 47.4 Å². The molecule has 0 atom stereocenters. The molecule has 2 rings (SSSR count). The van der Waals surface area contributed by atoms with Crippen molar-refractivity contribution in [3.05, 3.63) is 48.5 Å². The van der Waals surface area contributed by atoms with Gasteiger partial charge in [0.25, 0.3) is 5.91 Å². The molecule has 0 bridgehead atoms. The lowest BCUT2D eigenvalue weighted by atomic mass is 10.3. The van der Waals surface area contributed by atoms with Gasteiger partial charge in [0.1, 0.15) is 18.1 Å². The number of hydrogen-bond acceptors (Lipinski definition) is 6. The van der Waals surface area contributed by atoms with Gasteiger partial charge in [-0.15, -0.1) is 0 Å². The van der Waals surface area contributed by atoms with Gasteiger partial charge in [0.05, 0.1) is 31.7 Å². The highest BCUT2D eigenvalue weighted by Gasteiger charge is 2.10. The smallest absolute Gasteiger partial charge is 0.275 e. The third-order valence-corrected chi connectivity index (χ3v) is 2.65. The molecule has 0 unspecified atom stereocenters. The van der Waals surface area contributed by atoms with E-state index in [1.807, 2.05) is 6.07 Å². The molecule has 2 N–H and O–H groups in total. The summed E-state index contributed by atoms with van der Waals surface area (Å²) in [5.41, 5.74) is 0.767. The molecule has 0 aliphatic rings. The quantitative estimate of drug-likeness (QED) is 0.710. The van der Waals surface area contributed by atoms with E-state index in [4.69, 9.17) is 14.6 Å². The zero-order valence-electron chi connectivity index (χ0n) is 11.9. The molecule has 0 radical (unpaired) electrons. The van der Waals surface area contributed by atoms with Crippen LogP contribution >= 0.6 is 0 Å². The number of aliphatic hydroxyl groups excluding tert-OH is 1. The van der Waals surface area contributed by atoms with E-state index in [1.54, 1.807) is 18.2 Å². The molecular formula is C15H17N3O4. The Labute approximate surface area is 127 Å². The summed E-state index contributed by atoms with van der Waals surface area (Å²) >= 11 is 0. The van der Waals surface area contributed by atoms with Crippen molar-refractivity contribution in [2.45, 2.75) is 0 Å². The van der Waals surface area contributed by atoms with Gasteiger partial charge in [0.2, 0.25) is 0 Å². The van der Waals surface area contributed by atoms with Crippen LogP contribution in [0.5, 0.6) is 5.75 Å². The second-order valence-corrected chi connectivity index (χ2v) is 4.23. The third kappa shape index (κ3) is 4.80. The van der Waals surface area contributed by atoms with Gasteiger partial charge in [-0.1, -0.05) is 12.1 Å². The van der Waals surface area contributed by atoms with Crippen LogP contribution in [0.15, 0.2) is 42.9 Å². The Kier molecular flexibility index (Phi) is 6.28. The number of amides is 1. The van der Waals surface area contributed by atoms with Crippen LogP contribution < -0.4 is 10.1 Å². The minimum Gasteiger partial charge on any atom is -0.489 e. The maximum atomic E-state index is 12.1. The molecule has 22 heavy (non-hydrogen) atoms. The highest BCUT2D eigenvalue weighted by Crippen LogP contribution is 2.24. The standard InChI is InChI=1S/C15H17N3O4/c19-7-8-21-9-10-22-14-4-2-1-3-12(14)18-15(20)13-11-16-5-6-17-13/h1-6,11,19H,7-10H2,(H,18,20). The van der Waals surface area contributed by atoms with E-state index in [2.05, 4.69) is 15.3 Å². The molecule has 0 saturated carbocycles. The number of aliphatic hydroxyl groups is 1. The van der Waals surface area contributed by atoms with Gasteiger partial charge in [-0.05, 0) is 12.1 Å². The fraction of sp³-hybridized carbons (Fsp3) is 0.267. The van der Waals surface area contributed by atoms with Crippen molar-refractivity contribution in [2.75, 3.05) is 31.7 Å². The number of nitrogens with one attached hydrogen (secondary N) is 1. The summed E-state index contributed by atoms with van der Waals surface area (Å²) in [7, 11) is 0. The van der Waals surface area contributed by atoms with E-state index in [9.17, 15) is 4.79 Å². The molecule has 7 nitrogen and oxygen atoms in total. The van der Waals surface area contributed by atoms with Crippen molar-refractivity contribution in [1.29, 1.82) is 0 Å². The molecule has 1 aromatic heterocycles. The van der Waals surface area contributed by atoms with Crippen LogP contribution in [0.1, 0.15) is 10.5 Å². The van der Waals surface area contributed by atoms with Crippen molar-refractivity contribution in [2.24, 2.45) is 0 Å². The molecule has 116 valence electrons. The van der Waals surface area contributed by atoms with Crippen molar-refractivity contribution in [3.63, 3.8) is 0 Å². The number of ether oxygens (including phenoxy) is 2. The SMILES string of the molecule is O=C(Nc1ccccc1OCCOCCO)c1cnccn1. The van der Waals surface area contributed by atoms with Gasteiger partial charge >= 0.3 is 0 Å². The molecule has 1 amide bonds. The van der Waals surface area contributed by atoms with Crippen LogP contribution in [0, 0.1) is 0 Å². The van der Waals surface area contributed by atoms with E-state index in [-0.39, 0.29) is 24.8 Å². The first-order chi connectivity index (χ1) is 10.8. The van der Waals surface area contributed by atoms with E-state index in [0.717, 1.165) is 0 Å². The Balaban J connectivity index is 1.95. The topological polar surface area (TPSA) is 93.6 Å². The Morgan fingerprint density at radius 3 is 2.82 bits per heavy atom. The number of aromatic nitrogens is 2. The predicted octanol–water partition coefficient (Wildman–Crippen LogP) is 1.12. The molecule has 0 aliphatic heterocycles. The molecule has 1 aromatic carbocycles. The molecular weight excluding hydrogens is 286 g/mol. The zero-order valence-corrected chi connectivity index (χ0v) is 11.9. The lowest BCUT2D eigenvalue weighted by Gasteiger charge is -2.12. The van der Waals surface area contributed by atoms with Gasteiger partial charge in [-0.25, -0.2) is 4.98 Å². The molecule has 1 heterocycles. The first-order valence-corrected chi connectivity index (χ1v) is 6.79. The second-order valence-electron chi connectivity index (χ2n) is 4.23. The summed E-state index contributed by atoms with van der Waals surface area (Å²) in [6, 6.07) is 7.08. The van der Waals surface area contributed by atoms with Crippen LogP contribution in [0.4, 0.5) is 5.69 Å². The largest absolute Gasteiger partial charge is 0.489 e. The third-order valence-electron chi connectivity index (χ3n) is 2.65. The lowest BCUT2D eigenvalue weighted by molar-refractivity contribution is 0.0706. The summed E-state index contributed by atoms with van der Waals surface area (Å²) in [5, 5.41) is 11.3. The Morgan fingerprint density at radius 1 is 1.18 bits per heavy atom. The van der Waals surface area contributed by atoms with Gasteiger partial charge < -0.3 is 19.9 Å². The summed E-state index contributed by atoms with van der Waals surface area (Å²) in [5.74, 6) is 0.174. The Bertz CT molecular complexity index is 592. The second kappa shape index (κ2) is 8.71. The zero-order chi connectivity index (χ0) is 15.6. The predicted molar refractivity (Wildman–Crippen MR) is 79.8 cm³/mol. The summed E-state index contributed by atoms with van der Waals surface area (Å²) < 4.78 is 10.7. The first-order valence-electron chi connectivity index (χ1n) is 6.79. The average Bonchev–Trinajstić information content (AvgIpc) is 2.57. The highest BCUT2D eigenvalue weighted by molar-refractivity contribution is 6.03. The Morgan fingerprint density at radius 2 is 2.05 bits per heavy atom. The first kappa shape index (κ1) is 15.9. The molecule has 0 spiro atoms. The van der Waals surface area contributed by atoms with E-state index < -0.39 is 0 Å².